The van der Waals surface area contributed by atoms with E-state index in [1.807, 2.05) is 0 Å². The zero-order valence-corrected chi connectivity index (χ0v) is 10.7. The van der Waals surface area contributed by atoms with Gasteiger partial charge < -0.3 is 14.7 Å². The summed E-state index contributed by atoms with van der Waals surface area (Å²) in [6, 6.07) is 9.74. The number of hydrogen-bond donors (Lipinski definition) is 2. The van der Waals surface area contributed by atoms with Gasteiger partial charge in [-0.05, 0) is 24.3 Å². The molecule has 0 aliphatic heterocycles. The lowest BCUT2D eigenvalue weighted by molar-refractivity contribution is 0.102. The summed E-state index contributed by atoms with van der Waals surface area (Å²) in [7, 11) is 0. The molecule has 21 heavy (non-hydrogen) atoms. The SMILES string of the molecule is O=C(Nc1cccc(-c2nnco2)c1)c1cc[nH]c(=O)c1. The van der Waals surface area contributed by atoms with Crippen LogP contribution < -0.4 is 10.9 Å². The Morgan fingerprint density at radius 2 is 2.14 bits per heavy atom. The van der Waals surface area contributed by atoms with Crippen molar-refractivity contribution < 1.29 is 9.21 Å². The normalized spacial score (nSPS) is 10.3. The summed E-state index contributed by atoms with van der Waals surface area (Å²) < 4.78 is 5.10. The Balaban J connectivity index is 1.84. The maximum atomic E-state index is 12.0. The number of aromatic amines is 1. The molecule has 2 heterocycles. The molecule has 0 radical (unpaired) electrons. The predicted octanol–water partition coefficient (Wildman–Crippen LogP) is 1.68. The first-order chi connectivity index (χ1) is 10.2. The van der Waals surface area contributed by atoms with Crippen LogP contribution in [-0.2, 0) is 0 Å². The van der Waals surface area contributed by atoms with E-state index in [2.05, 4.69) is 20.5 Å². The van der Waals surface area contributed by atoms with Crippen LogP contribution in [0.4, 0.5) is 5.69 Å². The molecule has 2 aromatic heterocycles. The average molecular weight is 282 g/mol. The number of nitrogens with one attached hydrogen (secondary N) is 2. The maximum Gasteiger partial charge on any atom is 0.255 e. The number of carbonyl (C=O) groups is 1. The van der Waals surface area contributed by atoms with Gasteiger partial charge in [0.25, 0.3) is 5.91 Å². The van der Waals surface area contributed by atoms with Crippen molar-refractivity contribution in [1.29, 1.82) is 0 Å². The number of amides is 1. The molecule has 0 bridgehead atoms. The number of benzene rings is 1. The van der Waals surface area contributed by atoms with Crippen LogP contribution in [0.3, 0.4) is 0 Å². The number of H-pyrrole nitrogens is 1. The summed E-state index contributed by atoms with van der Waals surface area (Å²) in [4.78, 5) is 25.7. The standard InChI is InChI=1S/C14H10N4O3/c19-12-7-9(4-5-15-12)13(20)17-11-3-1-2-10(6-11)14-18-16-8-21-14/h1-8H,(H,15,19)(H,17,20). The summed E-state index contributed by atoms with van der Waals surface area (Å²) in [6.45, 7) is 0. The van der Waals surface area contributed by atoms with Gasteiger partial charge in [-0.25, -0.2) is 0 Å². The van der Waals surface area contributed by atoms with Gasteiger partial charge in [-0.1, -0.05) is 6.07 Å². The fourth-order valence-corrected chi connectivity index (χ4v) is 1.82. The fraction of sp³-hybridized carbons (Fsp3) is 0. The van der Waals surface area contributed by atoms with E-state index in [4.69, 9.17) is 4.42 Å². The monoisotopic (exact) mass is 282 g/mol. The predicted molar refractivity (Wildman–Crippen MR) is 74.7 cm³/mol. The van der Waals surface area contributed by atoms with E-state index in [1.54, 1.807) is 24.3 Å². The van der Waals surface area contributed by atoms with Crippen molar-refractivity contribution in [3.8, 4) is 11.5 Å². The molecule has 3 rings (SSSR count). The maximum absolute atomic E-state index is 12.0. The van der Waals surface area contributed by atoms with Crippen molar-refractivity contribution in [3.63, 3.8) is 0 Å². The third kappa shape index (κ3) is 2.86. The van der Waals surface area contributed by atoms with Crippen molar-refractivity contribution >= 4 is 11.6 Å². The minimum Gasteiger partial charge on any atom is -0.423 e. The van der Waals surface area contributed by atoms with E-state index in [1.165, 1.54) is 24.7 Å². The highest BCUT2D eigenvalue weighted by Gasteiger charge is 2.08. The van der Waals surface area contributed by atoms with Gasteiger partial charge >= 0.3 is 0 Å². The van der Waals surface area contributed by atoms with E-state index in [0.29, 0.717) is 17.1 Å². The van der Waals surface area contributed by atoms with E-state index in [0.717, 1.165) is 0 Å². The van der Waals surface area contributed by atoms with Crippen LogP contribution in [0.2, 0.25) is 0 Å². The molecule has 0 aliphatic rings. The minimum atomic E-state index is -0.372. The van der Waals surface area contributed by atoms with E-state index in [-0.39, 0.29) is 17.0 Å². The van der Waals surface area contributed by atoms with Crippen LogP contribution in [-0.4, -0.2) is 21.1 Å². The van der Waals surface area contributed by atoms with Gasteiger partial charge in [-0.15, -0.1) is 10.2 Å². The van der Waals surface area contributed by atoms with Crippen molar-refractivity contribution in [1.82, 2.24) is 15.2 Å². The third-order valence-corrected chi connectivity index (χ3v) is 2.76. The molecule has 7 nitrogen and oxygen atoms in total. The van der Waals surface area contributed by atoms with Crippen molar-refractivity contribution in [2.45, 2.75) is 0 Å². The van der Waals surface area contributed by atoms with Crippen molar-refractivity contribution in [3.05, 3.63) is 64.9 Å². The number of hydrogen-bond acceptors (Lipinski definition) is 5. The molecule has 3 aromatic rings. The van der Waals surface area contributed by atoms with Gasteiger partial charge in [0, 0.05) is 29.1 Å². The first kappa shape index (κ1) is 12.8. The summed E-state index contributed by atoms with van der Waals surface area (Å²) in [5.41, 5.74) is 1.20. The third-order valence-electron chi connectivity index (χ3n) is 2.76. The van der Waals surface area contributed by atoms with Crippen LogP contribution in [0.5, 0.6) is 0 Å². The summed E-state index contributed by atoms with van der Waals surface area (Å²) >= 11 is 0. The Morgan fingerprint density at radius 3 is 2.90 bits per heavy atom. The molecular weight excluding hydrogens is 272 g/mol. The molecule has 0 fully saturated rings. The lowest BCUT2D eigenvalue weighted by Gasteiger charge is -2.05. The molecule has 2 N–H and O–H groups in total. The number of anilines is 1. The van der Waals surface area contributed by atoms with E-state index < -0.39 is 0 Å². The molecule has 0 atom stereocenters. The molecule has 7 heteroatoms. The molecule has 0 saturated carbocycles. The number of aromatic nitrogens is 3. The van der Waals surface area contributed by atoms with Gasteiger partial charge in [-0.2, -0.15) is 0 Å². The zero-order chi connectivity index (χ0) is 14.7. The van der Waals surface area contributed by atoms with Gasteiger partial charge in [-0.3, -0.25) is 9.59 Å². The van der Waals surface area contributed by atoms with Crippen LogP contribution >= 0.6 is 0 Å². The Morgan fingerprint density at radius 1 is 1.24 bits per heavy atom. The van der Waals surface area contributed by atoms with Gasteiger partial charge in [0.05, 0.1) is 0 Å². The lowest BCUT2D eigenvalue weighted by Crippen LogP contribution is -2.15. The number of nitrogens with zero attached hydrogens (tertiary/aromatic N) is 2. The first-order valence-electron chi connectivity index (χ1n) is 6.09. The topological polar surface area (TPSA) is 101 Å². The number of carbonyl (C=O) groups excluding carboxylic acids is 1. The summed E-state index contributed by atoms with van der Waals surface area (Å²) in [5, 5.41) is 10.1. The van der Waals surface area contributed by atoms with Crippen LogP contribution in [0.25, 0.3) is 11.5 Å². The van der Waals surface area contributed by atoms with Gasteiger partial charge in [0.2, 0.25) is 17.8 Å². The second-order valence-electron chi connectivity index (χ2n) is 4.22. The Bertz CT molecular complexity index is 824. The highest BCUT2D eigenvalue weighted by molar-refractivity contribution is 6.04. The molecule has 0 unspecified atom stereocenters. The largest absolute Gasteiger partial charge is 0.423 e. The molecular formula is C14H10N4O3. The Kier molecular flexibility index (Phi) is 3.30. The van der Waals surface area contributed by atoms with E-state index in [9.17, 15) is 9.59 Å². The summed E-state index contributed by atoms with van der Waals surface area (Å²) in [5.74, 6) is -0.00830. The first-order valence-corrected chi connectivity index (χ1v) is 6.09. The molecule has 1 amide bonds. The second-order valence-corrected chi connectivity index (χ2v) is 4.22. The molecule has 0 saturated heterocycles. The van der Waals surface area contributed by atoms with Crippen molar-refractivity contribution in [2.24, 2.45) is 0 Å². The second kappa shape index (κ2) is 5.41. The zero-order valence-electron chi connectivity index (χ0n) is 10.7. The summed E-state index contributed by atoms with van der Waals surface area (Å²) in [6.07, 6.45) is 2.66. The molecule has 0 aliphatic carbocycles. The Hall–Kier alpha value is -3.22. The molecule has 1 aromatic carbocycles. The minimum absolute atomic E-state index is 0.280. The van der Waals surface area contributed by atoms with E-state index >= 15 is 0 Å². The highest BCUT2D eigenvalue weighted by Crippen LogP contribution is 2.20. The van der Waals surface area contributed by atoms with Crippen LogP contribution in [0, 0.1) is 0 Å². The highest BCUT2D eigenvalue weighted by atomic mass is 16.4. The van der Waals surface area contributed by atoms with Gasteiger partial charge in [0.1, 0.15) is 0 Å². The lowest BCUT2D eigenvalue weighted by atomic mass is 10.2. The van der Waals surface area contributed by atoms with Crippen LogP contribution in [0.1, 0.15) is 10.4 Å². The molecule has 0 spiro atoms. The molecule has 104 valence electrons. The van der Waals surface area contributed by atoms with Crippen LogP contribution in [0.15, 0.2) is 58.2 Å². The fourth-order valence-electron chi connectivity index (χ4n) is 1.82. The smallest absolute Gasteiger partial charge is 0.255 e. The Labute approximate surface area is 118 Å². The van der Waals surface area contributed by atoms with Crippen molar-refractivity contribution in [2.75, 3.05) is 5.32 Å². The number of rotatable bonds is 3. The average Bonchev–Trinajstić information content (AvgIpc) is 3.02. The van der Waals surface area contributed by atoms with Gasteiger partial charge in [0.15, 0.2) is 0 Å². The number of pyridine rings is 1. The quantitative estimate of drug-likeness (QED) is 0.761.